The van der Waals surface area contributed by atoms with E-state index < -0.39 is 10.0 Å². The van der Waals surface area contributed by atoms with Gasteiger partial charge in [-0.3, -0.25) is 0 Å². The Kier molecular flexibility index (Phi) is 3.70. The van der Waals surface area contributed by atoms with E-state index in [2.05, 4.69) is 15.2 Å². The fourth-order valence-corrected chi connectivity index (χ4v) is 4.90. The zero-order valence-corrected chi connectivity index (χ0v) is 14.3. The third kappa shape index (κ3) is 2.74. The second-order valence-corrected chi connectivity index (χ2v) is 8.30. The molecule has 2 aromatic heterocycles. The topological polar surface area (TPSA) is 103 Å². The van der Waals surface area contributed by atoms with Gasteiger partial charge in [-0.25, -0.2) is 13.4 Å². The smallest absolute Gasteiger partial charge is 0.262 e. The van der Waals surface area contributed by atoms with Crippen molar-refractivity contribution in [3.63, 3.8) is 0 Å². The van der Waals surface area contributed by atoms with E-state index in [-0.39, 0.29) is 23.2 Å². The molecule has 0 unspecified atom stereocenters. The molecule has 24 heavy (non-hydrogen) atoms. The highest BCUT2D eigenvalue weighted by molar-refractivity contribution is 7.89. The van der Waals surface area contributed by atoms with Gasteiger partial charge in [0.05, 0.1) is 25.0 Å². The van der Waals surface area contributed by atoms with Crippen LogP contribution >= 0.6 is 0 Å². The lowest BCUT2D eigenvalue weighted by Gasteiger charge is -2.17. The van der Waals surface area contributed by atoms with Crippen molar-refractivity contribution in [3.8, 4) is 0 Å². The van der Waals surface area contributed by atoms with Crippen molar-refractivity contribution < 1.29 is 17.6 Å². The van der Waals surface area contributed by atoms with Gasteiger partial charge in [0.2, 0.25) is 11.8 Å². The first-order chi connectivity index (χ1) is 11.4. The van der Waals surface area contributed by atoms with E-state index in [4.69, 9.17) is 9.15 Å². The van der Waals surface area contributed by atoms with Crippen molar-refractivity contribution in [3.05, 3.63) is 24.3 Å². The second kappa shape index (κ2) is 5.64. The molecule has 9 nitrogen and oxygen atoms in total. The molecule has 0 bridgehead atoms. The molecule has 3 atom stereocenters. The molecule has 2 aliphatic rings. The lowest BCUT2D eigenvalue weighted by Crippen LogP contribution is -2.32. The molecule has 0 aromatic carbocycles. The lowest BCUT2D eigenvalue weighted by molar-refractivity contribution is 0.0407. The summed E-state index contributed by atoms with van der Waals surface area (Å²) in [4.78, 5) is 3.96. The molecule has 10 heteroatoms. The van der Waals surface area contributed by atoms with E-state index in [1.165, 1.54) is 16.8 Å². The van der Waals surface area contributed by atoms with Gasteiger partial charge in [-0.05, 0) is 6.42 Å². The third-order valence-corrected chi connectivity index (χ3v) is 6.25. The number of sulfonamides is 1. The Labute approximate surface area is 139 Å². The van der Waals surface area contributed by atoms with Gasteiger partial charge in [0.15, 0.2) is 5.03 Å². The number of ether oxygens (including phenoxy) is 1. The van der Waals surface area contributed by atoms with Gasteiger partial charge >= 0.3 is 0 Å². The number of nitrogens with zero attached hydrogens (tertiary/aromatic N) is 5. The predicted molar refractivity (Wildman–Crippen MR) is 81.5 cm³/mol. The van der Waals surface area contributed by atoms with Crippen molar-refractivity contribution in [2.75, 3.05) is 13.1 Å². The van der Waals surface area contributed by atoms with Crippen LogP contribution in [-0.2, 0) is 28.2 Å². The van der Waals surface area contributed by atoms with Gasteiger partial charge in [0.25, 0.3) is 10.0 Å². The quantitative estimate of drug-likeness (QED) is 0.770. The normalized spacial score (nSPS) is 27.7. The minimum absolute atomic E-state index is 0.000413. The maximum Gasteiger partial charge on any atom is 0.262 e. The summed E-state index contributed by atoms with van der Waals surface area (Å²) in [6.45, 7) is 2.58. The molecule has 2 saturated heterocycles. The van der Waals surface area contributed by atoms with E-state index in [0.29, 0.717) is 31.3 Å². The van der Waals surface area contributed by atoms with Crippen LogP contribution in [0, 0.1) is 12.8 Å². The Morgan fingerprint density at radius 3 is 2.79 bits per heavy atom. The Bertz CT molecular complexity index is 831. The fraction of sp³-hybridized carbons (Fsp3) is 0.643. The summed E-state index contributed by atoms with van der Waals surface area (Å²) in [5.41, 5.74) is 0. The first-order valence-electron chi connectivity index (χ1n) is 7.84. The summed E-state index contributed by atoms with van der Waals surface area (Å²) in [6.07, 6.45) is 4.28. The van der Waals surface area contributed by atoms with Crippen LogP contribution < -0.4 is 0 Å². The first-order valence-corrected chi connectivity index (χ1v) is 9.28. The molecule has 4 heterocycles. The largest absolute Gasteiger partial charge is 0.426 e. The van der Waals surface area contributed by atoms with Crippen LogP contribution in [-0.4, -0.2) is 57.8 Å². The molecule has 0 aliphatic carbocycles. The average molecular weight is 353 g/mol. The molecule has 0 spiro atoms. The first kappa shape index (κ1) is 15.7. The zero-order valence-electron chi connectivity index (χ0n) is 13.5. The minimum Gasteiger partial charge on any atom is -0.426 e. The molecule has 130 valence electrons. The lowest BCUT2D eigenvalue weighted by atomic mass is 10.0. The van der Waals surface area contributed by atoms with Crippen molar-refractivity contribution in [1.82, 2.24) is 24.1 Å². The van der Waals surface area contributed by atoms with Gasteiger partial charge in [0, 0.05) is 39.2 Å². The molecule has 4 rings (SSSR count). The minimum atomic E-state index is -3.55. The van der Waals surface area contributed by atoms with E-state index in [1.54, 1.807) is 18.5 Å². The molecule has 2 fully saturated rings. The number of rotatable bonds is 4. The van der Waals surface area contributed by atoms with Crippen LogP contribution in [0.25, 0.3) is 0 Å². The Morgan fingerprint density at radius 2 is 2.17 bits per heavy atom. The molecule has 0 amide bonds. The van der Waals surface area contributed by atoms with Crippen LogP contribution in [0.3, 0.4) is 0 Å². The van der Waals surface area contributed by atoms with Crippen LogP contribution in [0.1, 0.15) is 18.2 Å². The van der Waals surface area contributed by atoms with Gasteiger partial charge < -0.3 is 13.7 Å². The highest BCUT2D eigenvalue weighted by atomic mass is 32.2. The zero-order chi connectivity index (χ0) is 16.9. The highest BCUT2D eigenvalue weighted by Gasteiger charge is 2.46. The molecular formula is C14H19N5O4S. The Balaban J connectivity index is 1.41. The van der Waals surface area contributed by atoms with Crippen LogP contribution in [0.4, 0.5) is 0 Å². The molecule has 0 N–H and O–H groups in total. The molecule has 2 aliphatic heterocycles. The fourth-order valence-electron chi connectivity index (χ4n) is 3.42. The molecular weight excluding hydrogens is 334 g/mol. The average Bonchev–Trinajstić information content (AvgIpc) is 3.23. The van der Waals surface area contributed by atoms with E-state index in [9.17, 15) is 8.42 Å². The second-order valence-electron chi connectivity index (χ2n) is 6.41. The summed E-state index contributed by atoms with van der Waals surface area (Å²) >= 11 is 0. The van der Waals surface area contributed by atoms with E-state index in [0.717, 1.165) is 6.42 Å². The van der Waals surface area contributed by atoms with Gasteiger partial charge in [0.1, 0.15) is 0 Å². The Morgan fingerprint density at radius 1 is 1.33 bits per heavy atom. The Hall–Kier alpha value is -1.78. The molecule has 2 aromatic rings. The number of aromatic nitrogens is 4. The van der Waals surface area contributed by atoms with Crippen molar-refractivity contribution in [2.24, 2.45) is 13.0 Å². The summed E-state index contributed by atoms with van der Waals surface area (Å²) in [6, 6.07) is 0. The van der Waals surface area contributed by atoms with Crippen molar-refractivity contribution in [2.45, 2.75) is 37.0 Å². The summed E-state index contributed by atoms with van der Waals surface area (Å²) < 4.78 is 39.7. The number of hydrogen-bond acceptors (Lipinski definition) is 7. The van der Waals surface area contributed by atoms with Gasteiger partial charge in [-0.2, -0.15) is 4.31 Å². The summed E-state index contributed by atoms with van der Waals surface area (Å²) in [7, 11) is -1.80. The monoisotopic (exact) mass is 353 g/mol. The third-order valence-electron chi connectivity index (χ3n) is 4.54. The van der Waals surface area contributed by atoms with E-state index >= 15 is 0 Å². The van der Waals surface area contributed by atoms with Crippen molar-refractivity contribution >= 4 is 10.0 Å². The van der Waals surface area contributed by atoms with Crippen LogP contribution in [0.2, 0.25) is 0 Å². The number of fused-ring (bicyclic) bond motifs is 1. The molecule has 0 radical (unpaired) electrons. The predicted octanol–water partition coefficient (Wildman–Crippen LogP) is 0.132. The maximum absolute atomic E-state index is 12.6. The number of aryl methyl sites for hydroxylation is 2. The van der Waals surface area contributed by atoms with E-state index in [1.807, 2.05) is 0 Å². The van der Waals surface area contributed by atoms with Crippen LogP contribution in [0.15, 0.2) is 22.0 Å². The molecule has 0 saturated carbocycles. The highest BCUT2D eigenvalue weighted by Crippen LogP contribution is 2.36. The summed E-state index contributed by atoms with van der Waals surface area (Å²) in [5, 5.41) is 7.88. The standard InChI is InChI=1S/C14H19N5O4S/c1-9-16-17-13(22-9)4-11-3-10-5-19(6-12(10)23-11)24(20,21)14-7-18(2)8-15-14/h7-8,10-12H,3-6H2,1-2H3/t10-,11+,12+/m0/s1. The van der Waals surface area contributed by atoms with Gasteiger partial charge in [-0.1, -0.05) is 0 Å². The number of imidazole rings is 1. The maximum atomic E-state index is 12.6. The SMILES string of the molecule is Cc1nnc(C[C@H]2C[C@H]3CN(S(=O)(=O)c4cn(C)cn4)C[C@H]3O2)o1. The van der Waals surface area contributed by atoms with Crippen molar-refractivity contribution in [1.29, 1.82) is 0 Å². The van der Waals surface area contributed by atoms with Crippen LogP contribution in [0.5, 0.6) is 0 Å². The number of hydrogen-bond donors (Lipinski definition) is 0. The van der Waals surface area contributed by atoms with Gasteiger partial charge in [-0.15, -0.1) is 10.2 Å². The summed E-state index contributed by atoms with van der Waals surface area (Å²) in [5.74, 6) is 1.30.